The number of sulfonamides is 1. The first kappa shape index (κ1) is 17.8. The molecule has 23 heavy (non-hydrogen) atoms. The molecule has 0 aromatic heterocycles. The summed E-state index contributed by atoms with van der Waals surface area (Å²) in [5.74, 6) is 1.27. The van der Waals surface area contributed by atoms with Crippen LogP contribution in [0.4, 0.5) is 0 Å². The molecule has 0 radical (unpaired) electrons. The van der Waals surface area contributed by atoms with Crippen molar-refractivity contribution >= 4 is 21.8 Å². The van der Waals surface area contributed by atoms with Crippen LogP contribution in [0.3, 0.4) is 0 Å². The number of rotatable bonds is 6. The van der Waals surface area contributed by atoms with Crippen molar-refractivity contribution in [3.8, 4) is 11.5 Å². The Morgan fingerprint density at radius 3 is 2.22 bits per heavy atom. The van der Waals surface area contributed by atoms with Crippen LogP contribution in [-0.4, -0.2) is 33.7 Å². The molecule has 0 saturated heterocycles. The molecular formula is C16H20N2O3S2. The van der Waals surface area contributed by atoms with E-state index in [1.165, 1.54) is 6.07 Å². The van der Waals surface area contributed by atoms with E-state index in [1.54, 1.807) is 23.9 Å². The van der Waals surface area contributed by atoms with Gasteiger partial charge in [0.2, 0.25) is 10.0 Å². The Morgan fingerprint density at radius 1 is 1.09 bits per heavy atom. The topological polar surface area (TPSA) is 72.6 Å². The van der Waals surface area contributed by atoms with Gasteiger partial charge in [-0.1, -0.05) is 0 Å². The van der Waals surface area contributed by atoms with Crippen LogP contribution in [0, 0.1) is 0 Å². The Morgan fingerprint density at radius 2 is 1.70 bits per heavy atom. The van der Waals surface area contributed by atoms with E-state index >= 15 is 0 Å². The summed E-state index contributed by atoms with van der Waals surface area (Å²) in [6, 6.07) is 12.5. The van der Waals surface area contributed by atoms with Crippen LogP contribution in [0.25, 0.3) is 0 Å². The first-order chi connectivity index (χ1) is 10.8. The lowest BCUT2D eigenvalue weighted by molar-refractivity contribution is 0.396. The molecule has 124 valence electrons. The van der Waals surface area contributed by atoms with Gasteiger partial charge in [0, 0.05) is 11.4 Å². The molecule has 0 aliphatic heterocycles. The molecule has 2 rings (SSSR count). The third-order valence-corrected chi connectivity index (χ3v) is 4.88. The molecule has 2 N–H and O–H groups in total. The average molecular weight is 352 g/mol. The lowest BCUT2D eigenvalue weighted by atomic mass is 10.2. The second-order valence-corrected chi connectivity index (χ2v) is 7.74. The van der Waals surface area contributed by atoms with Gasteiger partial charge in [0.1, 0.15) is 11.5 Å². The normalized spacial score (nSPS) is 11.7. The number of benzene rings is 2. The fourth-order valence-corrected chi connectivity index (χ4v) is 3.30. The summed E-state index contributed by atoms with van der Waals surface area (Å²) in [4.78, 5) is 3.15. The first-order valence-corrected chi connectivity index (χ1v) is 9.69. The lowest BCUT2D eigenvalue weighted by Gasteiger charge is -2.15. The van der Waals surface area contributed by atoms with E-state index in [2.05, 4.69) is 0 Å². The van der Waals surface area contributed by atoms with Crippen molar-refractivity contribution < 1.29 is 13.2 Å². The zero-order chi connectivity index (χ0) is 17.0. The third-order valence-electron chi connectivity index (χ3n) is 3.12. The molecule has 0 fully saturated rings. The SMILES string of the molecule is CSc1ccc(Oc2ccc(S(N)(=O)=O)c(CN(C)C)c2)cc1. The summed E-state index contributed by atoms with van der Waals surface area (Å²) in [6.07, 6.45) is 2.01. The molecule has 0 saturated carbocycles. The van der Waals surface area contributed by atoms with Gasteiger partial charge in [-0.2, -0.15) is 0 Å². The smallest absolute Gasteiger partial charge is 0.238 e. The van der Waals surface area contributed by atoms with E-state index in [4.69, 9.17) is 9.88 Å². The number of nitrogens with zero attached hydrogens (tertiary/aromatic N) is 1. The fourth-order valence-electron chi connectivity index (χ4n) is 2.14. The van der Waals surface area contributed by atoms with Gasteiger partial charge in [-0.05, 0) is 68.4 Å². The van der Waals surface area contributed by atoms with Crippen molar-refractivity contribution in [2.75, 3.05) is 20.4 Å². The van der Waals surface area contributed by atoms with Gasteiger partial charge < -0.3 is 9.64 Å². The van der Waals surface area contributed by atoms with Gasteiger partial charge in [0.05, 0.1) is 4.90 Å². The minimum atomic E-state index is -3.76. The molecule has 0 amide bonds. The Kier molecular flexibility index (Phi) is 5.69. The Bertz CT molecular complexity index is 772. The summed E-state index contributed by atoms with van der Waals surface area (Å²) in [7, 11) is -0.0373. The fraction of sp³-hybridized carbons (Fsp3) is 0.250. The van der Waals surface area contributed by atoms with Gasteiger partial charge in [-0.25, -0.2) is 13.6 Å². The van der Waals surface area contributed by atoms with E-state index in [0.717, 1.165) is 4.90 Å². The van der Waals surface area contributed by atoms with E-state index < -0.39 is 10.0 Å². The molecule has 0 aliphatic carbocycles. The molecule has 0 heterocycles. The van der Waals surface area contributed by atoms with E-state index in [0.29, 0.717) is 23.6 Å². The Labute approximate surface area is 141 Å². The Balaban J connectivity index is 2.32. The van der Waals surface area contributed by atoms with Gasteiger partial charge in [0.15, 0.2) is 0 Å². The van der Waals surface area contributed by atoms with Gasteiger partial charge in [0.25, 0.3) is 0 Å². The predicted molar refractivity (Wildman–Crippen MR) is 93.5 cm³/mol. The number of hydrogen-bond acceptors (Lipinski definition) is 5. The highest BCUT2D eigenvalue weighted by Crippen LogP contribution is 2.27. The number of primary sulfonamides is 1. The van der Waals surface area contributed by atoms with Crippen molar-refractivity contribution in [1.82, 2.24) is 4.90 Å². The van der Waals surface area contributed by atoms with Crippen molar-refractivity contribution in [1.29, 1.82) is 0 Å². The minimum Gasteiger partial charge on any atom is -0.457 e. The number of thioether (sulfide) groups is 1. The molecular weight excluding hydrogens is 332 g/mol. The minimum absolute atomic E-state index is 0.122. The monoisotopic (exact) mass is 352 g/mol. The molecule has 2 aromatic carbocycles. The van der Waals surface area contributed by atoms with Gasteiger partial charge >= 0.3 is 0 Å². The molecule has 0 aliphatic rings. The average Bonchev–Trinajstić information content (AvgIpc) is 2.46. The second-order valence-electron chi connectivity index (χ2n) is 5.33. The van der Waals surface area contributed by atoms with Crippen molar-refractivity contribution in [2.45, 2.75) is 16.3 Å². The third kappa shape index (κ3) is 4.97. The molecule has 0 unspecified atom stereocenters. The van der Waals surface area contributed by atoms with Gasteiger partial charge in [-0.15, -0.1) is 11.8 Å². The molecule has 0 atom stereocenters. The molecule has 7 heteroatoms. The van der Waals surface area contributed by atoms with Crippen LogP contribution >= 0.6 is 11.8 Å². The standard InChI is InChI=1S/C16H20N2O3S2/c1-18(2)11-12-10-14(6-9-16(12)23(17,19)20)21-13-4-7-15(22-3)8-5-13/h4-10H,11H2,1-3H3,(H2,17,19,20). The van der Waals surface area contributed by atoms with Crippen LogP contribution < -0.4 is 9.88 Å². The van der Waals surface area contributed by atoms with Crippen LogP contribution in [0.2, 0.25) is 0 Å². The largest absolute Gasteiger partial charge is 0.457 e. The van der Waals surface area contributed by atoms with Crippen LogP contribution in [0.1, 0.15) is 5.56 Å². The van der Waals surface area contributed by atoms with Crippen LogP contribution in [-0.2, 0) is 16.6 Å². The molecule has 5 nitrogen and oxygen atoms in total. The van der Waals surface area contributed by atoms with Crippen molar-refractivity contribution in [3.05, 3.63) is 48.0 Å². The van der Waals surface area contributed by atoms with Gasteiger partial charge in [-0.3, -0.25) is 0 Å². The first-order valence-electron chi connectivity index (χ1n) is 6.92. The summed E-state index contributed by atoms with van der Waals surface area (Å²) < 4.78 is 29.2. The van der Waals surface area contributed by atoms with Crippen LogP contribution in [0.15, 0.2) is 52.3 Å². The maximum absolute atomic E-state index is 11.7. The number of hydrogen-bond donors (Lipinski definition) is 1. The molecule has 0 bridgehead atoms. The maximum atomic E-state index is 11.7. The summed E-state index contributed by atoms with van der Waals surface area (Å²) in [5, 5.41) is 5.28. The second kappa shape index (κ2) is 7.35. The summed E-state index contributed by atoms with van der Waals surface area (Å²) in [6.45, 7) is 0.453. The Hall–Kier alpha value is -1.54. The van der Waals surface area contributed by atoms with E-state index in [1.807, 2.05) is 49.5 Å². The summed E-state index contributed by atoms with van der Waals surface area (Å²) >= 11 is 1.66. The highest BCUT2D eigenvalue weighted by Gasteiger charge is 2.15. The van der Waals surface area contributed by atoms with E-state index in [9.17, 15) is 8.42 Å². The molecule has 0 spiro atoms. The van der Waals surface area contributed by atoms with Crippen molar-refractivity contribution in [3.63, 3.8) is 0 Å². The maximum Gasteiger partial charge on any atom is 0.238 e. The lowest BCUT2D eigenvalue weighted by Crippen LogP contribution is -2.18. The predicted octanol–water partition coefficient (Wildman–Crippen LogP) is 2.91. The summed E-state index contributed by atoms with van der Waals surface area (Å²) in [5.41, 5.74) is 0.607. The number of nitrogens with two attached hydrogens (primary N) is 1. The zero-order valence-corrected chi connectivity index (χ0v) is 14.9. The highest BCUT2D eigenvalue weighted by molar-refractivity contribution is 7.98. The van der Waals surface area contributed by atoms with Crippen molar-refractivity contribution in [2.24, 2.45) is 5.14 Å². The molecule has 2 aromatic rings. The van der Waals surface area contributed by atoms with Crippen LogP contribution in [0.5, 0.6) is 11.5 Å². The quantitative estimate of drug-likeness (QED) is 0.809. The number of ether oxygens (including phenoxy) is 1. The van der Waals surface area contributed by atoms with E-state index in [-0.39, 0.29) is 4.90 Å². The highest BCUT2D eigenvalue weighted by atomic mass is 32.2. The zero-order valence-electron chi connectivity index (χ0n) is 13.3.